The zero-order valence-electron chi connectivity index (χ0n) is 18.1. The molecule has 158 valence electrons. The van der Waals surface area contributed by atoms with Crippen molar-refractivity contribution < 1.29 is 4.79 Å². The third kappa shape index (κ3) is 4.57. The Morgan fingerprint density at radius 2 is 1.83 bits per heavy atom. The molecular formula is C25H32N4O. The molecule has 0 saturated carbocycles. The van der Waals surface area contributed by atoms with Crippen molar-refractivity contribution in [2.75, 3.05) is 26.2 Å². The molecule has 5 heteroatoms. The molecule has 1 aromatic carbocycles. The van der Waals surface area contributed by atoms with Crippen molar-refractivity contribution in [2.24, 2.45) is 0 Å². The van der Waals surface area contributed by atoms with Gasteiger partial charge in [0.15, 0.2) is 0 Å². The number of carbonyl (C=O) groups excluding carboxylic acids is 1. The van der Waals surface area contributed by atoms with Crippen LogP contribution < -0.4 is 5.32 Å². The van der Waals surface area contributed by atoms with E-state index in [1.807, 2.05) is 24.5 Å². The number of amides is 1. The summed E-state index contributed by atoms with van der Waals surface area (Å²) in [5.41, 5.74) is 5.54. The summed E-state index contributed by atoms with van der Waals surface area (Å²) in [5, 5.41) is 3.16. The van der Waals surface area contributed by atoms with Gasteiger partial charge in [0, 0.05) is 37.8 Å². The van der Waals surface area contributed by atoms with E-state index in [-0.39, 0.29) is 11.8 Å². The molecule has 1 fully saturated rings. The fourth-order valence-electron chi connectivity index (χ4n) is 4.57. The highest BCUT2D eigenvalue weighted by Gasteiger charge is 2.23. The molecule has 3 heterocycles. The third-order valence-corrected chi connectivity index (χ3v) is 6.27. The van der Waals surface area contributed by atoms with Gasteiger partial charge in [0.2, 0.25) is 5.91 Å². The Morgan fingerprint density at radius 3 is 2.63 bits per heavy atom. The van der Waals surface area contributed by atoms with Crippen LogP contribution >= 0.6 is 0 Å². The number of hydrogen-bond donors (Lipinski definition) is 1. The van der Waals surface area contributed by atoms with Gasteiger partial charge in [-0.3, -0.25) is 4.79 Å². The van der Waals surface area contributed by atoms with Crippen LogP contribution in [0.2, 0.25) is 0 Å². The van der Waals surface area contributed by atoms with Gasteiger partial charge in [0.1, 0.15) is 5.65 Å². The number of rotatable bonds is 7. The van der Waals surface area contributed by atoms with Crippen molar-refractivity contribution >= 4 is 11.6 Å². The fourth-order valence-corrected chi connectivity index (χ4v) is 4.57. The molecule has 30 heavy (non-hydrogen) atoms. The molecule has 1 N–H and O–H groups in total. The van der Waals surface area contributed by atoms with Gasteiger partial charge in [-0.05, 0) is 62.5 Å². The maximum absolute atomic E-state index is 12.9. The van der Waals surface area contributed by atoms with Crippen molar-refractivity contribution in [3.05, 3.63) is 71.2 Å². The Morgan fingerprint density at radius 1 is 1.07 bits per heavy atom. The molecule has 0 spiro atoms. The minimum Gasteiger partial charge on any atom is -0.355 e. The molecule has 5 nitrogen and oxygen atoms in total. The molecule has 1 atom stereocenters. The number of nitrogens with one attached hydrogen (secondary N) is 1. The first-order valence-electron chi connectivity index (χ1n) is 11.1. The van der Waals surface area contributed by atoms with Crippen LogP contribution in [0.1, 0.15) is 54.0 Å². The summed E-state index contributed by atoms with van der Waals surface area (Å²) in [6.07, 6.45) is 8.28. The molecular weight excluding hydrogens is 372 g/mol. The second-order valence-corrected chi connectivity index (χ2v) is 8.43. The molecule has 0 radical (unpaired) electrons. The largest absolute Gasteiger partial charge is 0.355 e. The highest BCUT2D eigenvalue weighted by atomic mass is 16.1. The van der Waals surface area contributed by atoms with Gasteiger partial charge >= 0.3 is 0 Å². The lowest BCUT2D eigenvalue weighted by atomic mass is 9.89. The average molecular weight is 405 g/mol. The number of likely N-dealkylation sites (tertiary alicyclic amines) is 1. The van der Waals surface area contributed by atoms with E-state index >= 15 is 0 Å². The molecule has 1 amide bonds. The highest BCUT2D eigenvalue weighted by Crippen LogP contribution is 2.31. The molecule has 3 aromatic rings. The number of nitrogens with zero attached hydrogens (tertiary/aromatic N) is 3. The van der Waals surface area contributed by atoms with Gasteiger partial charge in [-0.25, -0.2) is 4.98 Å². The summed E-state index contributed by atoms with van der Waals surface area (Å²) in [6.45, 7) is 8.15. The number of aryl methyl sites for hydroxylation is 2. The summed E-state index contributed by atoms with van der Waals surface area (Å²) in [7, 11) is 0. The van der Waals surface area contributed by atoms with Crippen LogP contribution in [0, 0.1) is 13.8 Å². The van der Waals surface area contributed by atoms with Gasteiger partial charge in [0.25, 0.3) is 0 Å². The van der Waals surface area contributed by atoms with Gasteiger partial charge in [-0.1, -0.05) is 36.8 Å². The van der Waals surface area contributed by atoms with Crippen molar-refractivity contribution in [3.8, 4) is 0 Å². The van der Waals surface area contributed by atoms with Crippen LogP contribution in [-0.2, 0) is 4.79 Å². The lowest BCUT2D eigenvalue weighted by Crippen LogP contribution is -2.38. The zero-order valence-corrected chi connectivity index (χ0v) is 18.1. The number of aromatic nitrogens is 2. The normalized spacial score (nSPS) is 15.9. The van der Waals surface area contributed by atoms with E-state index in [0.29, 0.717) is 13.0 Å². The molecule has 4 rings (SSSR count). The molecule has 1 aliphatic rings. The zero-order chi connectivity index (χ0) is 20.9. The number of carbonyl (C=O) groups is 1. The lowest BCUT2D eigenvalue weighted by Gasteiger charge is -2.26. The van der Waals surface area contributed by atoms with E-state index < -0.39 is 0 Å². The van der Waals surface area contributed by atoms with Crippen LogP contribution in [0.5, 0.6) is 0 Å². The first-order valence-corrected chi connectivity index (χ1v) is 11.1. The van der Waals surface area contributed by atoms with Gasteiger partial charge in [-0.15, -0.1) is 0 Å². The number of imidazole rings is 1. The minimum absolute atomic E-state index is 0.0296. The van der Waals surface area contributed by atoms with Crippen molar-refractivity contribution in [1.82, 2.24) is 19.6 Å². The van der Waals surface area contributed by atoms with Crippen molar-refractivity contribution in [1.29, 1.82) is 0 Å². The predicted octanol–water partition coefficient (Wildman–Crippen LogP) is 4.08. The molecule has 1 unspecified atom stereocenters. The van der Waals surface area contributed by atoms with E-state index in [1.165, 1.54) is 30.4 Å². The maximum atomic E-state index is 12.9. The summed E-state index contributed by atoms with van der Waals surface area (Å²) >= 11 is 0. The summed E-state index contributed by atoms with van der Waals surface area (Å²) in [4.78, 5) is 20.0. The van der Waals surface area contributed by atoms with Crippen molar-refractivity contribution in [3.63, 3.8) is 0 Å². The Kier molecular flexibility index (Phi) is 6.48. The lowest BCUT2D eigenvalue weighted by molar-refractivity contribution is -0.121. The van der Waals surface area contributed by atoms with Crippen LogP contribution in [0.15, 0.2) is 48.8 Å². The molecule has 0 aliphatic carbocycles. The first kappa shape index (κ1) is 20.6. The van der Waals surface area contributed by atoms with Crippen LogP contribution in [0.3, 0.4) is 0 Å². The molecule has 0 bridgehead atoms. The minimum atomic E-state index is -0.0296. The smallest absolute Gasteiger partial charge is 0.221 e. The van der Waals surface area contributed by atoms with Crippen LogP contribution in [-0.4, -0.2) is 46.4 Å². The predicted molar refractivity (Wildman–Crippen MR) is 121 cm³/mol. The summed E-state index contributed by atoms with van der Waals surface area (Å²) in [5.74, 6) is 0.0702. The molecule has 2 aromatic heterocycles. The van der Waals surface area contributed by atoms with Crippen LogP contribution in [0.25, 0.3) is 5.65 Å². The topological polar surface area (TPSA) is 49.6 Å². The number of fused-ring (bicyclic) bond motifs is 1. The van der Waals surface area contributed by atoms with Crippen LogP contribution in [0.4, 0.5) is 0 Å². The molecule has 1 saturated heterocycles. The van der Waals surface area contributed by atoms with Gasteiger partial charge in [-0.2, -0.15) is 0 Å². The number of hydrogen-bond acceptors (Lipinski definition) is 3. The summed E-state index contributed by atoms with van der Waals surface area (Å²) < 4.78 is 2.13. The average Bonchev–Trinajstić information content (AvgIpc) is 3.19. The third-order valence-electron chi connectivity index (χ3n) is 6.27. The highest BCUT2D eigenvalue weighted by molar-refractivity contribution is 5.77. The number of benzene rings is 1. The quantitative estimate of drug-likeness (QED) is 0.646. The Labute approximate surface area is 179 Å². The van der Waals surface area contributed by atoms with E-state index in [0.717, 1.165) is 36.5 Å². The second-order valence-electron chi connectivity index (χ2n) is 8.43. The van der Waals surface area contributed by atoms with Crippen molar-refractivity contribution in [2.45, 2.75) is 45.4 Å². The number of pyridine rings is 1. The van der Waals surface area contributed by atoms with E-state index in [2.05, 4.69) is 57.7 Å². The van der Waals surface area contributed by atoms with Gasteiger partial charge < -0.3 is 14.6 Å². The van der Waals surface area contributed by atoms with E-state index in [9.17, 15) is 4.79 Å². The SMILES string of the molecule is Cc1ccccc1C(CC(=O)NCCN1CCCCC1)c1cnc2c(C)cccn12. The first-order chi connectivity index (χ1) is 14.6. The number of piperidine rings is 1. The maximum Gasteiger partial charge on any atom is 0.221 e. The van der Waals surface area contributed by atoms with Gasteiger partial charge in [0.05, 0.1) is 5.69 Å². The monoisotopic (exact) mass is 404 g/mol. The fraction of sp³-hybridized carbons (Fsp3) is 0.440. The standard InChI is InChI=1S/C25H32N4O/c1-19-9-4-5-11-21(19)22(23-18-27-25-20(2)10-8-15-29(23)25)17-24(30)26-12-16-28-13-6-3-7-14-28/h4-5,8-11,15,18,22H,3,6-7,12-14,16-17H2,1-2H3,(H,26,30). The second kappa shape index (κ2) is 9.43. The molecule has 1 aliphatic heterocycles. The van der Waals surface area contributed by atoms with E-state index in [1.54, 1.807) is 0 Å². The van der Waals surface area contributed by atoms with E-state index in [4.69, 9.17) is 0 Å². The summed E-state index contributed by atoms with van der Waals surface area (Å²) in [6, 6.07) is 12.5. The Balaban J connectivity index is 1.53. The Hall–Kier alpha value is -2.66. The Bertz CT molecular complexity index is 1000.